The van der Waals surface area contributed by atoms with E-state index in [4.69, 9.17) is 14.2 Å². The van der Waals surface area contributed by atoms with Gasteiger partial charge in [0.15, 0.2) is 29.2 Å². The van der Waals surface area contributed by atoms with Gasteiger partial charge in [-0.05, 0) is 81.5 Å². The van der Waals surface area contributed by atoms with Crippen LogP contribution in [0.15, 0.2) is 93.2 Å². The van der Waals surface area contributed by atoms with Crippen LogP contribution in [-0.2, 0) is 48.3 Å². The van der Waals surface area contributed by atoms with E-state index in [9.17, 15) is 31.2 Å². The Morgan fingerprint density at radius 3 is 1.85 bits per heavy atom. The number of carbonyl (C=O) groups is 3. The van der Waals surface area contributed by atoms with Crippen molar-refractivity contribution in [1.29, 1.82) is 0 Å². The van der Waals surface area contributed by atoms with Gasteiger partial charge in [0.1, 0.15) is 0 Å². The third-order valence-electron chi connectivity index (χ3n) is 11.1. The fraction of sp³-hybridized carbons (Fsp3) is 0.472. The summed E-state index contributed by atoms with van der Waals surface area (Å²) in [5, 5.41) is 0. The lowest BCUT2D eigenvalue weighted by molar-refractivity contribution is -0.169. The molecule has 1 saturated carbocycles. The molecule has 0 amide bonds. The Bertz CT molecular complexity index is 1810. The van der Waals surface area contributed by atoms with Crippen molar-refractivity contribution in [3.8, 4) is 0 Å². The first kappa shape index (κ1) is 34.1. The Hall–Kier alpha value is -3.77. The SMILES string of the molecule is CCOC(=O)[C@H]1CC2=C(CCC3=CCC(S(=O)(=O)c4ccccc4)(S(=O)(=O)c4ccccc4)C[C@H]32)[C@H]2CC(C(=O)OC)(C(=O)OC)C[C@H]12. The highest BCUT2D eigenvalue weighted by Crippen LogP contribution is 2.62. The van der Waals surface area contributed by atoms with Crippen molar-refractivity contribution in [2.45, 2.75) is 65.7 Å². The van der Waals surface area contributed by atoms with Crippen molar-refractivity contribution in [2.24, 2.45) is 29.1 Å². The molecule has 0 spiro atoms. The molecule has 0 heterocycles. The Morgan fingerprint density at radius 1 is 0.771 bits per heavy atom. The third kappa shape index (κ3) is 5.05. The van der Waals surface area contributed by atoms with Gasteiger partial charge in [0, 0.05) is 12.3 Å². The minimum atomic E-state index is -4.49. The maximum atomic E-state index is 14.7. The van der Waals surface area contributed by atoms with Crippen LogP contribution in [0.1, 0.15) is 51.9 Å². The number of rotatable bonds is 8. The fourth-order valence-electron chi connectivity index (χ4n) is 8.81. The maximum absolute atomic E-state index is 14.7. The van der Waals surface area contributed by atoms with Crippen LogP contribution in [0.4, 0.5) is 0 Å². The molecule has 12 heteroatoms. The lowest BCUT2D eigenvalue weighted by Gasteiger charge is -2.47. The molecule has 0 N–H and O–H groups in total. The number of allylic oxidation sites excluding steroid dienone is 4. The molecular formula is C36H40O10S2. The number of fused-ring (bicyclic) bond motifs is 4. The second-order valence-corrected chi connectivity index (χ2v) is 17.9. The number of sulfone groups is 2. The third-order valence-corrected chi connectivity index (χ3v) is 16.8. The largest absolute Gasteiger partial charge is 0.468 e. The number of methoxy groups -OCH3 is 2. The molecule has 2 aromatic rings. The Balaban J connectivity index is 1.53. The number of ether oxygens (including phenoxy) is 3. The molecule has 0 aliphatic heterocycles. The quantitative estimate of drug-likeness (QED) is 0.160. The Labute approximate surface area is 281 Å². The molecule has 0 saturated heterocycles. The monoisotopic (exact) mass is 696 g/mol. The van der Waals surface area contributed by atoms with Gasteiger partial charge < -0.3 is 14.2 Å². The average Bonchev–Trinajstić information content (AvgIpc) is 3.53. The maximum Gasteiger partial charge on any atom is 0.323 e. The second-order valence-electron chi connectivity index (χ2n) is 13.1. The standard InChI is InChI=1S/C36H40O10S2/c1-4-46-32(37)28-19-27-26(30-20-35(21-31(28)30,33(38)44-2)34(39)45-3)16-15-23-17-18-36(22-29(23)27,47(40,41)24-11-7-5-8-12-24)48(42,43)25-13-9-6-10-14-25/h5-14,17,28-31H,4,15-16,18-22H2,1-3H3/t28-,29+,30+,31+/m0/s1. The lowest BCUT2D eigenvalue weighted by atomic mass is 9.61. The summed E-state index contributed by atoms with van der Waals surface area (Å²) in [4.78, 5) is 39.9. The zero-order chi connectivity index (χ0) is 34.5. The van der Waals surface area contributed by atoms with Crippen LogP contribution in [0.3, 0.4) is 0 Å². The van der Waals surface area contributed by atoms with Crippen molar-refractivity contribution in [1.82, 2.24) is 0 Å². The van der Waals surface area contributed by atoms with Crippen molar-refractivity contribution >= 4 is 37.6 Å². The summed E-state index contributed by atoms with van der Waals surface area (Å²) in [5.41, 5.74) is 1.06. The van der Waals surface area contributed by atoms with E-state index in [0.717, 1.165) is 16.7 Å². The minimum absolute atomic E-state index is 0.0410. The molecule has 1 fully saturated rings. The van der Waals surface area contributed by atoms with Crippen LogP contribution >= 0.6 is 0 Å². The highest BCUT2D eigenvalue weighted by atomic mass is 32.3. The number of hydrogen-bond donors (Lipinski definition) is 0. The Kier molecular flexibility index (Phi) is 8.95. The molecule has 0 bridgehead atoms. The zero-order valence-corrected chi connectivity index (χ0v) is 28.8. The van der Waals surface area contributed by atoms with Gasteiger partial charge >= 0.3 is 17.9 Å². The van der Waals surface area contributed by atoms with E-state index in [1.54, 1.807) is 49.4 Å². The molecule has 0 radical (unpaired) electrons. The summed E-state index contributed by atoms with van der Waals surface area (Å²) in [7, 11) is -6.56. The van der Waals surface area contributed by atoms with Gasteiger partial charge in [0.25, 0.3) is 0 Å². The summed E-state index contributed by atoms with van der Waals surface area (Å²) < 4.78 is 72.3. The summed E-state index contributed by atoms with van der Waals surface area (Å²) in [6.07, 6.45) is 2.75. The van der Waals surface area contributed by atoms with Crippen molar-refractivity contribution in [2.75, 3.05) is 20.8 Å². The van der Waals surface area contributed by atoms with Gasteiger partial charge in [0.2, 0.25) is 0 Å². The summed E-state index contributed by atoms with van der Waals surface area (Å²) in [5.74, 6) is -4.09. The van der Waals surface area contributed by atoms with Crippen LogP contribution in [0, 0.1) is 29.1 Å². The van der Waals surface area contributed by atoms with E-state index in [-0.39, 0.29) is 48.5 Å². The predicted octanol–water partition coefficient (Wildman–Crippen LogP) is 5.00. The summed E-state index contributed by atoms with van der Waals surface area (Å²) >= 11 is 0. The van der Waals surface area contributed by atoms with E-state index in [0.29, 0.717) is 12.8 Å². The smallest absolute Gasteiger partial charge is 0.323 e. The molecule has 48 heavy (non-hydrogen) atoms. The second kappa shape index (κ2) is 12.6. The van der Waals surface area contributed by atoms with Gasteiger partial charge in [0.05, 0.1) is 36.5 Å². The molecule has 6 rings (SSSR count). The first-order valence-corrected chi connectivity index (χ1v) is 19.2. The average molecular weight is 697 g/mol. The van der Waals surface area contributed by atoms with Gasteiger partial charge in [-0.3, -0.25) is 14.4 Å². The number of benzene rings is 2. The first-order chi connectivity index (χ1) is 22.9. The number of esters is 3. The number of hydrogen-bond acceptors (Lipinski definition) is 10. The molecule has 4 aliphatic rings. The van der Waals surface area contributed by atoms with E-state index in [2.05, 4.69) is 0 Å². The van der Waals surface area contributed by atoms with Gasteiger partial charge in [-0.15, -0.1) is 0 Å². The lowest BCUT2D eigenvalue weighted by Crippen LogP contribution is -2.50. The molecule has 4 atom stereocenters. The fourth-order valence-corrected chi connectivity index (χ4v) is 13.8. The van der Waals surface area contributed by atoms with Crippen molar-refractivity contribution in [3.63, 3.8) is 0 Å². The van der Waals surface area contributed by atoms with Crippen LogP contribution in [0.2, 0.25) is 0 Å². The highest BCUT2D eigenvalue weighted by molar-refractivity contribution is 8.10. The predicted molar refractivity (Wildman–Crippen MR) is 174 cm³/mol. The van der Waals surface area contributed by atoms with E-state index in [1.807, 2.05) is 0 Å². The summed E-state index contributed by atoms with van der Waals surface area (Å²) in [6.45, 7) is 1.82. The molecule has 10 nitrogen and oxygen atoms in total. The van der Waals surface area contributed by atoms with Crippen molar-refractivity contribution < 1.29 is 45.4 Å². The van der Waals surface area contributed by atoms with Crippen LogP contribution in [0.5, 0.6) is 0 Å². The first-order valence-electron chi connectivity index (χ1n) is 16.2. The molecule has 4 aliphatic carbocycles. The zero-order valence-electron chi connectivity index (χ0n) is 27.2. The molecule has 0 aromatic heterocycles. The van der Waals surface area contributed by atoms with Gasteiger partial charge in [-0.25, -0.2) is 16.8 Å². The van der Waals surface area contributed by atoms with Gasteiger partial charge in [-0.2, -0.15) is 0 Å². The highest BCUT2D eigenvalue weighted by Gasteiger charge is 2.64. The van der Waals surface area contributed by atoms with Gasteiger partial charge in [-0.1, -0.05) is 59.2 Å². The van der Waals surface area contributed by atoms with Crippen molar-refractivity contribution in [3.05, 3.63) is 83.5 Å². The van der Waals surface area contributed by atoms with Crippen LogP contribution in [0.25, 0.3) is 0 Å². The molecule has 2 aromatic carbocycles. The van der Waals surface area contributed by atoms with Crippen LogP contribution < -0.4 is 0 Å². The Morgan fingerprint density at radius 2 is 1.33 bits per heavy atom. The normalized spacial score (nSPS) is 25.9. The molecular weight excluding hydrogens is 657 g/mol. The summed E-state index contributed by atoms with van der Waals surface area (Å²) in [6, 6.07) is 15.3. The van der Waals surface area contributed by atoms with E-state index in [1.165, 1.54) is 38.5 Å². The molecule has 256 valence electrons. The topological polar surface area (TPSA) is 147 Å². The van der Waals surface area contributed by atoms with E-state index < -0.39 is 70.7 Å². The minimum Gasteiger partial charge on any atom is -0.468 e. The van der Waals surface area contributed by atoms with E-state index >= 15 is 0 Å². The van der Waals surface area contributed by atoms with Crippen LogP contribution in [-0.4, -0.2) is 59.6 Å². The number of carbonyl (C=O) groups excluding carboxylic acids is 3. The molecule has 0 unspecified atom stereocenters.